The van der Waals surface area contributed by atoms with Gasteiger partial charge >= 0.3 is 5.97 Å². The Balaban J connectivity index is 2.47. The van der Waals surface area contributed by atoms with Gasteiger partial charge in [-0.2, -0.15) is 4.37 Å². The van der Waals surface area contributed by atoms with Crippen molar-refractivity contribution < 1.29 is 9.90 Å². The van der Waals surface area contributed by atoms with Crippen molar-refractivity contribution in [3.8, 4) is 0 Å². The Labute approximate surface area is 73.6 Å². The number of nitrogens with one attached hydrogen (secondary N) is 1. The highest BCUT2D eigenvalue weighted by atomic mass is 32.1. The number of anilines is 1. The van der Waals surface area contributed by atoms with Gasteiger partial charge in [0.25, 0.3) is 0 Å². The zero-order valence-corrected chi connectivity index (χ0v) is 7.39. The molecule has 0 amide bonds. The average molecular weight is 187 g/mol. The van der Waals surface area contributed by atoms with Crippen LogP contribution in [0.2, 0.25) is 0 Å². The van der Waals surface area contributed by atoms with Gasteiger partial charge in [-0.25, -0.2) is 4.98 Å². The molecule has 0 aliphatic heterocycles. The van der Waals surface area contributed by atoms with E-state index >= 15 is 0 Å². The first-order valence-corrected chi connectivity index (χ1v) is 4.28. The number of aryl methyl sites for hydroxylation is 1. The van der Waals surface area contributed by atoms with Gasteiger partial charge in [0.2, 0.25) is 5.13 Å². The van der Waals surface area contributed by atoms with Gasteiger partial charge in [0.15, 0.2) is 0 Å². The van der Waals surface area contributed by atoms with E-state index in [0.29, 0.717) is 5.13 Å². The minimum absolute atomic E-state index is 0.113. The second-order valence-electron chi connectivity index (χ2n) is 2.12. The first-order chi connectivity index (χ1) is 5.72. The summed E-state index contributed by atoms with van der Waals surface area (Å²) >= 11 is 1.18. The molecule has 1 aromatic heterocycles. The summed E-state index contributed by atoms with van der Waals surface area (Å²) in [6.45, 7) is 1.83. The van der Waals surface area contributed by atoms with Crippen LogP contribution in [0.1, 0.15) is 12.7 Å². The van der Waals surface area contributed by atoms with Gasteiger partial charge in [-0.05, 0) is 0 Å². The molecule has 0 atom stereocenters. The van der Waals surface area contributed by atoms with Gasteiger partial charge in [-0.3, -0.25) is 4.79 Å². The lowest BCUT2D eigenvalue weighted by molar-refractivity contribution is -0.134. The van der Waals surface area contributed by atoms with Crippen LogP contribution in [0, 0.1) is 0 Å². The van der Waals surface area contributed by atoms with Crippen molar-refractivity contribution in [1.82, 2.24) is 9.36 Å². The van der Waals surface area contributed by atoms with Gasteiger partial charge < -0.3 is 10.4 Å². The third-order valence-electron chi connectivity index (χ3n) is 1.18. The van der Waals surface area contributed by atoms with Crippen LogP contribution in [0.15, 0.2) is 0 Å². The fourth-order valence-electron chi connectivity index (χ4n) is 0.621. The number of carbonyl (C=O) groups is 1. The summed E-state index contributed by atoms with van der Waals surface area (Å²) in [5.41, 5.74) is 0. The van der Waals surface area contributed by atoms with Crippen molar-refractivity contribution in [2.45, 2.75) is 13.3 Å². The van der Waals surface area contributed by atoms with E-state index in [9.17, 15) is 4.79 Å². The van der Waals surface area contributed by atoms with Crippen LogP contribution in [0.5, 0.6) is 0 Å². The van der Waals surface area contributed by atoms with Crippen molar-refractivity contribution in [2.75, 3.05) is 11.9 Å². The highest BCUT2D eigenvalue weighted by molar-refractivity contribution is 7.09. The molecule has 0 fully saturated rings. The van der Waals surface area contributed by atoms with Crippen LogP contribution in [-0.2, 0) is 11.2 Å². The number of aromatic nitrogens is 2. The van der Waals surface area contributed by atoms with E-state index in [0.717, 1.165) is 12.2 Å². The van der Waals surface area contributed by atoms with Crippen molar-refractivity contribution in [3.05, 3.63) is 5.82 Å². The summed E-state index contributed by atoms with van der Waals surface area (Å²) in [7, 11) is 0. The Morgan fingerprint density at radius 2 is 2.50 bits per heavy atom. The second-order valence-corrected chi connectivity index (χ2v) is 2.87. The summed E-state index contributed by atoms with van der Waals surface area (Å²) in [4.78, 5) is 14.2. The van der Waals surface area contributed by atoms with E-state index < -0.39 is 5.97 Å². The molecule has 1 rings (SSSR count). The molecule has 0 saturated carbocycles. The molecule has 5 nitrogen and oxygen atoms in total. The maximum atomic E-state index is 10.1. The van der Waals surface area contributed by atoms with Gasteiger partial charge in [-0.15, -0.1) is 0 Å². The fourth-order valence-corrected chi connectivity index (χ4v) is 1.27. The molecule has 0 bridgehead atoms. The van der Waals surface area contributed by atoms with Crippen LogP contribution < -0.4 is 5.32 Å². The monoisotopic (exact) mass is 187 g/mol. The quantitative estimate of drug-likeness (QED) is 0.721. The van der Waals surface area contributed by atoms with Crippen molar-refractivity contribution in [1.29, 1.82) is 0 Å². The molecule has 0 aliphatic carbocycles. The van der Waals surface area contributed by atoms with E-state index in [1.165, 1.54) is 11.5 Å². The Bertz CT molecular complexity index is 274. The molecule has 6 heteroatoms. The molecule has 0 aromatic carbocycles. The SMILES string of the molecule is CCc1nsc(NCC(=O)O)n1. The zero-order valence-electron chi connectivity index (χ0n) is 6.57. The Morgan fingerprint density at radius 3 is 3.00 bits per heavy atom. The Kier molecular flexibility index (Phi) is 2.98. The smallest absolute Gasteiger partial charge is 0.322 e. The molecule has 0 aliphatic rings. The molecule has 12 heavy (non-hydrogen) atoms. The van der Waals surface area contributed by atoms with E-state index in [2.05, 4.69) is 14.7 Å². The van der Waals surface area contributed by atoms with E-state index in [4.69, 9.17) is 5.11 Å². The number of carboxylic acid groups (broad SMARTS) is 1. The van der Waals surface area contributed by atoms with E-state index in [1.54, 1.807) is 0 Å². The number of carboxylic acids is 1. The number of hydrogen-bond donors (Lipinski definition) is 2. The molecule has 0 spiro atoms. The predicted molar refractivity (Wildman–Crippen MR) is 45.4 cm³/mol. The van der Waals surface area contributed by atoms with E-state index in [1.807, 2.05) is 6.92 Å². The summed E-state index contributed by atoms with van der Waals surface area (Å²) in [6, 6.07) is 0. The Hall–Kier alpha value is -1.17. The lowest BCUT2D eigenvalue weighted by Gasteiger charge is -1.93. The molecule has 1 heterocycles. The maximum absolute atomic E-state index is 10.1. The van der Waals surface area contributed by atoms with Crippen LogP contribution in [0.3, 0.4) is 0 Å². The highest BCUT2D eigenvalue weighted by Gasteiger charge is 2.02. The van der Waals surface area contributed by atoms with Gasteiger partial charge in [-0.1, -0.05) is 6.92 Å². The van der Waals surface area contributed by atoms with Crippen LogP contribution in [-0.4, -0.2) is 27.0 Å². The molecule has 0 unspecified atom stereocenters. The minimum Gasteiger partial charge on any atom is -0.480 e. The molecule has 1 aromatic rings. The van der Waals surface area contributed by atoms with Crippen molar-refractivity contribution in [3.63, 3.8) is 0 Å². The normalized spacial score (nSPS) is 9.75. The topological polar surface area (TPSA) is 75.1 Å². The summed E-state index contributed by atoms with van der Waals surface area (Å²) in [5.74, 6) is -0.156. The lowest BCUT2D eigenvalue weighted by atomic mass is 10.5. The highest BCUT2D eigenvalue weighted by Crippen LogP contribution is 2.10. The molecule has 0 radical (unpaired) electrons. The van der Waals surface area contributed by atoms with Crippen LogP contribution in [0.4, 0.5) is 5.13 Å². The minimum atomic E-state index is -0.900. The third kappa shape index (κ3) is 2.46. The number of rotatable bonds is 4. The molecular weight excluding hydrogens is 178 g/mol. The zero-order chi connectivity index (χ0) is 8.97. The predicted octanol–water partition coefficient (Wildman–Crippen LogP) is 0.597. The molecule has 0 saturated heterocycles. The summed E-state index contributed by atoms with van der Waals surface area (Å²) < 4.78 is 3.99. The van der Waals surface area contributed by atoms with E-state index in [-0.39, 0.29) is 6.54 Å². The first-order valence-electron chi connectivity index (χ1n) is 3.50. The standard InChI is InChI=1S/C6H9N3O2S/c1-2-4-8-6(12-9-4)7-3-5(10)11/h2-3H2,1H3,(H,10,11)(H,7,8,9). The van der Waals surface area contributed by atoms with Gasteiger partial charge in [0.1, 0.15) is 12.4 Å². The van der Waals surface area contributed by atoms with Crippen molar-refractivity contribution >= 4 is 22.6 Å². The second kappa shape index (κ2) is 4.01. The third-order valence-corrected chi connectivity index (χ3v) is 1.89. The maximum Gasteiger partial charge on any atom is 0.322 e. The Morgan fingerprint density at radius 1 is 1.75 bits per heavy atom. The number of hydrogen-bond acceptors (Lipinski definition) is 5. The summed E-state index contributed by atoms with van der Waals surface area (Å²) in [5, 5.41) is 11.5. The fraction of sp³-hybridized carbons (Fsp3) is 0.500. The van der Waals surface area contributed by atoms with Gasteiger partial charge in [0, 0.05) is 18.0 Å². The van der Waals surface area contributed by atoms with Crippen molar-refractivity contribution in [2.24, 2.45) is 0 Å². The van der Waals surface area contributed by atoms with Crippen LogP contribution >= 0.6 is 11.5 Å². The summed E-state index contributed by atoms with van der Waals surface area (Å²) in [6.07, 6.45) is 0.769. The average Bonchev–Trinajstić information content (AvgIpc) is 2.48. The molecule has 66 valence electrons. The molecule has 2 N–H and O–H groups in total. The van der Waals surface area contributed by atoms with Crippen LogP contribution in [0.25, 0.3) is 0 Å². The molecular formula is C6H9N3O2S. The number of aliphatic carboxylic acids is 1. The van der Waals surface area contributed by atoms with Gasteiger partial charge in [0.05, 0.1) is 0 Å². The number of nitrogens with zero attached hydrogens (tertiary/aromatic N) is 2. The first kappa shape index (κ1) is 8.92. The largest absolute Gasteiger partial charge is 0.480 e. The lowest BCUT2D eigenvalue weighted by Crippen LogP contribution is -2.11.